The Morgan fingerprint density at radius 1 is 1.43 bits per heavy atom. The molecule has 5 nitrogen and oxygen atoms in total. The zero-order valence-electron chi connectivity index (χ0n) is 13.7. The van der Waals surface area contributed by atoms with Gasteiger partial charge >= 0.3 is 0 Å². The van der Waals surface area contributed by atoms with Gasteiger partial charge in [0.1, 0.15) is 0 Å². The Kier molecular flexibility index (Phi) is 4.73. The van der Waals surface area contributed by atoms with Crippen LogP contribution in [0.25, 0.3) is 0 Å². The van der Waals surface area contributed by atoms with E-state index in [-0.39, 0.29) is 23.8 Å². The lowest BCUT2D eigenvalue weighted by atomic mass is 10.1. The molecule has 2 atom stereocenters. The molecule has 0 spiro atoms. The molecule has 1 aliphatic carbocycles. The number of nitrogens with zero attached hydrogens (tertiary/aromatic N) is 1. The van der Waals surface area contributed by atoms with Crippen molar-refractivity contribution in [3.8, 4) is 0 Å². The number of thiophene rings is 1. The molecule has 1 aromatic heterocycles. The molecule has 23 heavy (non-hydrogen) atoms. The highest BCUT2D eigenvalue weighted by Gasteiger charge is 2.33. The van der Waals surface area contributed by atoms with Crippen LogP contribution in [0.4, 0.5) is 5.00 Å². The van der Waals surface area contributed by atoms with Crippen LogP contribution in [0.3, 0.4) is 0 Å². The number of aryl methyl sites for hydroxylation is 1. The Morgan fingerprint density at radius 2 is 2.17 bits per heavy atom. The summed E-state index contributed by atoms with van der Waals surface area (Å²) in [6.07, 6.45) is 4.10. The van der Waals surface area contributed by atoms with E-state index in [1.807, 2.05) is 17.9 Å². The molecule has 1 saturated carbocycles. The van der Waals surface area contributed by atoms with E-state index < -0.39 is 6.10 Å². The number of likely N-dealkylation sites (tertiary alicyclic amines) is 1. The quantitative estimate of drug-likeness (QED) is 0.869. The molecule has 1 aliphatic heterocycles. The van der Waals surface area contributed by atoms with Crippen LogP contribution in [0.1, 0.15) is 54.3 Å². The molecule has 6 heteroatoms. The maximum Gasteiger partial charge on any atom is 0.264 e. The van der Waals surface area contributed by atoms with Crippen molar-refractivity contribution in [2.45, 2.75) is 58.1 Å². The molecule has 2 fully saturated rings. The first-order valence-corrected chi connectivity index (χ1v) is 9.17. The molecule has 0 aromatic carbocycles. The summed E-state index contributed by atoms with van der Waals surface area (Å²) in [6, 6.07) is 2.01. The smallest absolute Gasteiger partial charge is 0.264 e. The Morgan fingerprint density at radius 3 is 2.83 bits per heavy atom. The number of hydrogen-bond donors (Lipinski definition) is 2. The van der Waals surface area contributed by atoms with Crippen LogP contribution in [-0.4, -0.2) is 40.5 Å². The second-order valence-corrected chi connectivity index (χ2v) is 7.82. The van der Waals surface area contributed by atoms with Gasteiger partial charge in [-0.05, 0) is 57.6 Å². The van der Waals surface area contributed by atoms with Crippen LogP contribution in [0.2, 0.25) is 0 Å². The largest absolute Gasteiger partial charge is 0.393 e. The summed E-state index contributed by atoms with van der Waals surface area (Å²) < 4.78 is 0. The van der Waals surface area contributed by atoms with E-state index in [9.17, 15) is 14.7 Å². The summed E-state index contributed by atoms with van der Waals surface area (Å²) >= 11 is 1.36. The molecule has 2 amide bonds. The fraction of sp³-hybridized carbons (Fsp3) is 0.647. The number of carbonyl (C=O) groups is 2. The van der Waals surface area contributed by atoms with Gasteiger partial charge in [-0.1, -0.05) is 0 Å². The van der Waals surface area contributed by atoms with Gasteiger partial charge in [0.25, 0.3) is 5.91 Å². The van der Waals surface area contributed by atoms with E-state index in [1.54, 1.807) is 6.92 Å². The normalized spacial score (nSPS) is 22.2. The van der Waals surface area contributed by atoms with Gasteiger partial charge in [0.2, 0.25) is 5.91 Å². The number of nitrogens with one attached hydrogen (secondary N) is 1. The fourth-order valence-electron chi connectivity index (χ4n) is 3.20. The van der Waals surface area contributed by atoms with Gasteiger partial charge in [0, 0.05) is 18.5 Å². The molecular weight excluding hydrogens is 312 g/mol. The average Bonchev–Trinajstić information content (AvgIpc) is 3.14. The number of aliphatic hydroxyl groups is 1. The molecule has 2 aliphatic rings. The van der Waals surface area contributed by atoms with Gasteiger partial charge < -0.3 is 15.3 Å². The standard InChI is InChI=1S/C17H24N2O3S/c1-10-8-14(18-16(21)12-5-6-12)23-15(10)17(22)19-7-3-4-13(19)9-11(2)20/h8,11-13,20H,3-7,9H2,1-2H3,(H,18,21). The Labute approximate surface area is 140 Å². The molecule has 0 bridgehead atoms. The first kappa shape index (κ1) is 16.5. The van der Waals surface area contributed by atoms with Crippen molar-refractivity contribution in [2.75, 3.05) is 11.9 Å². The van der Waals surface area contributed by atoms with Crippen molar-refractivity contribution >= 4 is 28.2 Å². The van der Waals surface area contributed by atoms with E-state index in [2.05, 4.69) is 5.32 Å². The van der Waals surface area contributed by atoms with Crippen LogP contribution < -0.4 is 5.32 Å². The average molecular weight is 336 g/mol. The van der Waals surface area contributed by atoms with E-state index in [4.69, 9.17) is 0 Å². The topological polar surface area (TPSA) is 69.6 Å². The monoisotopic (exact) mass is 336 g/mol. The highest BCUT2D eigenvalue weighted by molar-refractivity contribution is 7.18. The third-order valence-electron chi connectivity index (χ3n) is 4.56. The zero-order valence-corrected chi connectivity index (χ0v) is 14.5. The highest BCUT2D eigenvalue weighted by atomic mass is 32.1. The van der Waals surface area contributed by atoms with Crippen LogP contribution in [-0.2, 0) is 4.79 Å². The van der Waals surface area contributed by atoms with Crippen molar-refractivity contribution in [3.63, 3.8) is 0 Å². The lowest BCUT2D eigenvalue weighted by Crippen LogP contribution is -2.37. The van der Waals surface area contributed by atoms with E-state index in [1.165, 1.54) is 11.3 Å². The highest BCUT2D eigenvalue weighted by Crippen LogP contribution is 2.34. The first-order valence-electron chi connectivity index (χ1n) is 8.36. The Balaban J connectivity index is 1.71. The van der Waals surface area contributed by atoms with Crippen molar-refractivity contribution in [2.24, 2.45) is 5.92 Å². The predicted molar refractivity (Wildman–Crippen MR) is 90.8 cm³/mol. The van der Waals surface area contributed by atoms with Crippen LogP contribution >= 0.6 is 11.3 Å². The summed E-state index contributed by atoms with van der Waals surface area (Å²) in [7, 11) is 0. The van der Waals surface area contributed by atoms with E-state index >= 15 is 0 Å². The minimum Gasteiger partial charge on any atom is -0.393 e. The van der Waals surface area contributed by atoms with Crippen molar-refractivity contribution in [1.82, 2.24) is 4.90 Å². The summed E-state index contributed by atoms with van der Waals surface area (Å²) in [5, 5.41) is 13.3. The number of carbonyl (C=O) groups excluding carboxylic acids is 2. The maximum absolute atomic E-state index is 12.8. The molecule has 2 unspecified atom stereocenters. The maximum atomic E-state index is 12.8. The number of amides is 2. The lowest BCUT2D eigenvalue weighted by Gasteiger charge is -2.25. The van der Waals surface area contributed by atoms with E-state index in [0.29, 0.717) is 11.3 Å². The Hall–Kier alpha value is -1.40. The molecule has 1 saturated heterocycles. The molecule has 126 valence electrons. The van der Waals surface area contributed by atoms with Crippen molar-refractivity contribution in [3.05, 3.63) is 16.5 Å². The molecular formula is C17H24N2O3S. The number of rotatable bonds is 5. The van der Waals surface area contributed by atoms with Crippen LogP contribution in [0.15, 0.2) is 6.07 Å². The molecule has 2 heterocycles. The van der Waals surface area contributed by atoms with Gasteiger partial charge in [-0.3, -0.25) is 9.59 Å². The number of aliphatic hydroxyl groups excluding tert-OH is 1. The summed E-state index contributed by atoms with van der Waals surface area (Å²) in [5.41, 5.74) is 0.911. The third kappa shape index (κ3) is 3.75. The van der Waals surface area contributed by atoms with Crippen molar-refractivity contribution in [1.29, 1.82) is 0 Å². The molecule has 0 radical (unpaired) electrons. The summed E-state index contributed by atoms with van der Waals surface area (Å²) in [6.45, 7) is 4.43. The molecule has 2 N–H and O–H groups in total. The SMILES string of the molecule is Cc1cc(NC(=O)C2CC2)sc1C(=O)N1CCCC1CC(C)O. The van der Waals surface area contributed by atoms with Gasteiger partial charge in [0.05, 0.1) is 16.0 Å². The van der Waals surface area contributed by atoms with Gasteiger partial charge in [0.15, 0.2) is 0 Å². The second kappa shape index (κ2) is 6.61. The third-order valence-corrected chi connectivity index (χ3v) is 5.70. The zero-order chi connectivity index (χ0) is 16.6. The van der Waals surface area contributed by atoms with Gasteiger partial charge in [-0.2, -0.15) is 0 Å². The van der Waals surface area contributed by atoms with E-state index in [0.717, 1.165) is 42.8 Å². The predicted octanol–water partition coefficient (Wildman–Crippen LogP) is 2.78. The van der Waals surface area contributed by atoms with Crippen LogP contribution in [0.5, 0.6) is 0 Å². The number of anilines is 1. The lowest BCUT2D eigenvalue weighted by molar-refractivity contribution is -0.117. The fourth-order valence-corrected chi connectivity index (χ4v) is 4.23. The van der Waals surface area contributed by atoms with Gasteiger partial charge in [-0.25, -0.2) is 0 Å². The Bertz CT molecular complexity index is 607. The summed E-state index contributed by atoms with van der Waals surface area (Å²) in [4.78, 5) is 27.3. The van der Waals surface area contributed by atoms with Crippen molar-refractivity contribution < 1.29 is 14.7 Å². The molecule has 1 aromatic rings. The minimum absolute atomic E-state index is 0.0302. The minimum atomic E-state index is -0.397. The van der Waals surface area contributed by atoms with Gasteiger partial charge in [-0.15, -0.1) is 11.3 Å². The summed E-state index contributed by atoms with van der Waals surface area (Å²) in [5.74, 6) is 0.256. The van der Waals surface area contributed by atoms with Crippen LogP contribution in [0, 0.1) is 12.8 Å². The first-order chi connectivity index (χ1) is 11.0. The number of hydrogen-bond acceptors (Lipinski definition) is 4. The second-order valence-electron chi connectivity index (χ2n) is 6.77. The molecule has 3 rings (SSSR count).